The standard InChI is InChI=1S/C16H19ClFN5O/c1-9-7-22(8-10(2)19-9)16(24)15-11(3)23(21-20-15)12-4-5-14(18)13(17)6-12/h4-6,9-10,19H,7-8H2,1-3H3. The number of rotatable bonds is 2. The minimum atomic E-state index is -0.502. The lowest BCUT2D eigenvalue weighted by atomic mass is 10.1. The Balaban J connectivity index is 1.89. The molecule has 0 bridgehead atoms. The van der Waals surface area contributed by atoms with Gasteiger partial charge in [-0.1, -0.05) is 16.8 Å². The molecule has 1 N–H and O–H groups in total. The van der Waals surface area contributed by atoms with Gasteiger partial charge in [-0.15, -0.1) is 5.10 Å². The molecule has 2 unspecified atom stereocenters. The number of hydrogen-bond acceptors (Lipinski definition) is 4. The van der Waals surface area contributed by atoms with Crippen molar-refractivity contribution in [2.75, 3.05) is 13.1 Å². The number of halogens is 2. The lowest BCUT2D eigenvalue weighted by Gasteiger charge is -2.35. The van der Waals surface area contributed by atoms with Crippen molar-refractivity contribution < 1.29 is 9.18 Å². The first-order valence-electron chi connectivity index (χ1n) is 7.80. The third kappa shape index (κ3) is 3.14. The van der Waals surface area contributed by atoms with Crippen LogP contribution in [0.2, 0.25) is 5.02 Å². The zero-order valence-corrected chi connectivity index (χ0v) is 14.5. The van der Waals surface area contributed by atoms with Gasteiger partial charge in [-0.25, -0.2) is 9.07 Å². The normalized spacial score (nSPS) is 21.1. The largest absolute Gasteiger partial charge is 0.334 e. The molecule has 2 aromatic rings. The molecule has 1 aromatic heterocycles. The van der Waals surface area contributed by atoms with E-state index in [-0.39, 0.29) is 23.0 Å². The summed E-state index contributed by atoms with van der Waals surface area (Å²) in [6.45, 7) is 7.09. The van der Waals surface area contributed by atoms with E-state index in [0.29, 0.717) is 30.2 Å². The Bertz CT molecular complexity index is 768. The highest BCUT2D eigenvalue weighted by molar-refractivity contribution is 6.30. The van der Waals surface area contributed by atoms with Crippen molar-refractivity contribution in [3.63, 3.8) is 0 Å². The maximum Gasteiger partial charge on any atom is 0.276 e. The summed E-state index contributed by atoms with van der Waals surface area (Å²) in [5.41, 5.74) is 1.46. The van der Waals surface area contributed by atoms with Crippen LogP contribution < -0.4 is 5.32 Å². The van der Waals surface area contributed by atoms with Crippen LogP contribution in [0, 0.1) is 12.7 Å². The highest BCUT2D eigenvalue weighted by Gasteiger charge is 2.29. The summed E-state index contributed by atoms with van der Waals surface area (Å²) >= 11 is 5.82. The molecule has 0 radical (unpaired) electrons. The third-order valence-corrected chi connectivity index (χ3v) is 4.38. The van der Waals surface area contributed by atoms with E-state index in [9.17, 15) is 9.18 Å². The molecule has 2 atom stereocenters. The molecular formula is C16H19ClFN5O. The second kappa shape index (κ2) is 6.49. The summed E-state index contributed by atoms with van der Waals surface area (Å²) in [5, 5.41) is 11.5. The smallest absolute Gasteiger partial charge is 0.276 e. The molecule has 24 heavy (non-hydrogen) atoms. The Morgan fingerprint density at radius 2 is 2.00 bits per heavy atom. The first-order chi connectivity index (χ1) is 11.4. The molecule has 128 valence electrons. The quantitative estimate of drug-likeness (QED) is 0.901. The van der Waals surface area contributed by atoms with Crippen LogP contribution in [-0.4, -0.2) is 51.0 Å². The van der Waals surface area contributed by atoms with Crippen LogP contribution in [0.1, 0.15) is 30.0 Å². The lowest BCUT2D eigenvalue weighted by molar-refractivity contribution is 0.0667. The molecule has 1 aliphatic heterocycles. The van der Waals surface area contributed by atoms with Gasteiger partial charge in [0.2, 0.25) is 0 Å². The number of benzene rings is 1. The fourth-order valence-corrected chi connectivity index (χ4v) is 3.21. The van der Waals surface area contributed by atoms with Crippen LogP contribution in [0.3, 0.4) is 0 Å². The molecule has 1 fully saturated rings. The molecule has 8 heteroatoms. The summed E-state index contributed by atoms with van der Waals surface area (Å²) in [6, 6.07) is 4.72. The van der Waals surface area contributed by atoms with Crippen molar-refractivity contribution in [3.8, 4) is 5.69 Å². The number of aromatic nitrogens is 3. The highest BCUT2D eigenvalue weighted by atomic mass is 35.5. The van der Waals surface area contributed by atoms with Crippen molar-refractivity contribution in [1.82, 2.24) is 25.2 Å². The van der Waals surface area contributed by atoms with E-state index in [1.807, 2.05) is 13.8 Å². The topological polar surface area (TPSA) is 63.1 Å². The first kappa shape index (κ1) is 16.9. The SMILES string of the molecule is Cc1c(C(=O)N2CC(C)NC(C)C2)nnn1-c1ccc(F)c(Cl)c1. The van der Waals surface area contributed by atoms with Gasteiger partial charge in [-0.3, -0.25) is 4.79 Å². The van der Waals surface area contributed by atoms with Crippen LogP contribution in [-0.2, 0) is 0 Å². The van der Waals surface area contributed by atoms with Crippen LogP contribution >= 0.6 is 11.6 Å². The molecule has 1 saturated heterocycles. The number of hydrogen-bond donors (Lipinski definition) is 1. The maximum absolute atomic E-state index is 13.3. The number of nitrogens with zero attached hydrogens (tertiary/aromatic N) is 4. The first-order valence-corrected chi connectivity index (χ1v) is 8.17. The van der Waals surface area contributed by atoms with Gasteiger partial charge in [-0.2, -0.15) is 0 Å². The predicted octanol–water partition coefficient (Wildman–Crippen LogP) is 2.19. The highest BCUT2D eigenvalue weighted by Crippen LogP contribution is 2.21. The molecule has 1 aromatic carbocycles. The van der Waals surface area contributed by atoms with Gasteiger partial charge in [0.1, 0.15) is 5.82 Å². The zero-order valence-electron chi connectivity index (χ0n) is 13.8. The van der Waals surface area contributed by atoms with E-state index in [1.165, 1.54) is 16.8 Å². The van der Waals surface area contributed by atoms with Crippen molar-refractivity contribution >= 4 is 17.5 Å². The average Bonchev–Trinajstić information content (AvgIpc) is 2.90. The third-order valence-electron chi connectivity index (χ3n) is 4.09. The van der Waals surface area contributed by atoms with Gasteiger partial charge in [-0.05, 0) is 39.0 Å². The van der Waals surface area contributed by atoms with E-state index < -0.39 is 5.82 Å². The summed E-state index contributed by atoms with van der Waals surface area (Å²) in [4.78, 5) is 14.6. The van der Waals surface area contributed by atoms with Crippen molar-refractivity contribution in [2.45, 2.75) is 32.9 Å². The molecule has 0 saturated carbocycles. The minimum Gasteiger partial charge on any atom is -0.334 e. The molecule has 0 spiro atoms. The predicted molar refractivity (Wildman–Crippen MR) is 89.0 cm³/mol. The maximum atomic E-state index is 13.3. The van der Waals surface area contributed by atoms with Crippen molar-refractivity contribution in [1.29, 1.82) is 0 Å². The van der Waals surface area contributed by atoms with Gasteiger partial charge >= 0.3 is 0 Å². The fraction of sp³-hybridized carbons (Fsp3) is 0.438. The molecule has 0 aliphatic carbocycles. The molecule has 1 amide bonds. The van der Waals surface area contributed by atoms with Gasteiger partial charge in [0, 0.05) is 25.2 Å². The van der Waals surface area contributed by atoms with E-state index in [0.717, 1.165) is 0 Å². The Morgan fingerprint density at radius 3 is 2.62 bits per heavy atom. The van der Waals surface area contributed by atoms with E-state index in [1.54, 1.807) is 17.9 Å². The van der Waals surface area contributed by atoms with Crippen LogP contribution in [0.15, 0.2) is 18.2 Å². The second-order valence-corrected chi connectivity index (χ2v) is 6.62. The van der Waals surface area contributed by atoms with Crippen molar-refractivity contribution in [3.05, 3.63) is 40.4 Å². The summed E-state index contributed by atoms with van der Waals surface area (Å²) in [7, 11) is 0. The Morgan fingerprint density at radius 1 is 1.33 bits per heavy atom. The molecule has 2 heterocycles. The van der Waals surface area contributed by atoms with Crippen LogP contribution in [0.4, 0.5) is 4.39 Å². The molecule has 6 nitrogen and oxygen atoms in total. The van der Waals surface area contributed by atoms with E-state index in [4.69, 9.17) is 11.6 Å². The molecule has 1 aliphatic rings. The molecule has 3 rings (SSSR count). The number of carbonyl (C=O) groups is 1. The van der Waals surface area contributed by atoms with E-state index >= 15 is 0 Å². The number of carbonyl (C=O) groups excluding carboxylic acids is 1. The van der Waals surface area contributed by atoms with Gasteiger partial charge in [0.05, 0.1) is 16.4 Å². The monoisotopic (exact) mass is 351 g/mol. The summed E-state index contributed by atoms with van der Waals surface area (Å²) in [5.74, 6) is -0.648. The number of piperazine rings is 1. The summed E-state index contributed by atoms with van der Waals surface area (Å²) in [6.07, 6.45) is 0. The number of amides is 1. The Hall–Kier alpha value is -1.99. The summed E-state index contributed by atoms with van der Waals surface area (Å²) < 4.78 is 14.8. The fourth-order valence-electron chi connectivity index (χ4n) is 3.03. The Kier molecular flexibility index (Phi) is 4.56. The number of nitrogens with one attached hydrogen (secondary N) is 1. The van der Waals surface area contributed by atoms with Gasteiger partial charge < -0.3 is 10.2 Å². The lowest BCUT2D eigenvalue weighted by Crippen LogP contribution is -2.56. The zero-order chi connectivity index (χ0) is 17.4. The average molecular weight is 352 g/mol. The van der Waals surface area contributed by atoms with Gasteiger partial charge in [0.15, 0.2) is 5.69 Å². The van der Waals surface area contributed by atoms with E-state index in [2.05, 4.69) is 15.6 Å². The van der Waals surface area contributed by atoms with Crippen LogP contribution in [0.5, 0.6) is 0 Å². The second-order valence-electron chi connectivity index (χ2n) is 6.21. The van der Waals surface area contributed by atoms with Crippen LogP contribution in [0.25, 0.3) is 5.69 Å². The van der Waals surface area contributed by atoms with Crippen molar-refractivity contribution in [2.24, 2.45) is 0 Å². The minimum absolute atomic E-state index is 0.0000287. The Labute approximate surface area is 144 Å². The molecular weight excluding hydrogens is 333 g/mol. The van der Waals surface area contributed by atoms with Gasteiger partial charge in [0.25, 0.3) is 5.91 Å².